The lowest BCUT2D eigenvalue weighted by Crippen LogP contribution is -2.29. The van der Waals surface area contributed by atoms with Gasteiger partial charge in [0, 0.05) is 23.1 Å². The minimum Gasteiger partial charge on any atom is -0.256 e. The molecule has 0 aromatic heterocycles. The van der Waals surface area contributed by atoms with Crippen molar-refractivity contribution in [3.63, 3.8) is 0 Å². The Bertz CT molecular complexity index is 469. The molecule has 1 fully saturated rings. The average molecular weight is 267 g/mol. The molecule has 7 heteroatoms. The maximum Gasteiger partial charge on any atom is 0.301 e. The van der Waals surface area contributed by atoms with E-state index < -0.39 is 10.2 Å². The van der Waals surface area contributed by atoms with Crippen molar-refractivity contribution < 1.29 is 8.42 Å². The van der Waals surface area contributed by atoms with E-state index in [1.54, 1.807) is 18.2 Å². The van der Waals surface area contributed by atoms with Gasteiger partial charge in [0.2, 0.25) is 0 Å². The summed E-state index contributed by atoms with van der Waals surface area (Å²) in [5.74, 6) is 0. The molecule has 1 heterocycles. The first-order chi connectivity index (χ1) is 6.99. The van der Waals surface area contributed by atoms with E-state index in [-0.39, 0.29) is 0 Å². The third-order valence-corrected chi connectivity index (χ3v) is 4.00. The molecule has 0 saturated carbocycles. The lowest BCUT2D eigenvalue weighted by molar-refractivity contribution is 0.592. The molecule has 1 aliphatic rings. The summed E-state index contributed by atoms with van der Waals surface area (Å²) in [7, 11) is -3.41. The molecule has 1 aromatic carbocycles. The number of nitrogens with one attached hydrogen (secondary N) is 1. The van der Waals surface area contributed by atoms with E-state index in [1.807, 2.05) is 0 Å². The molecule has 1 aliphatic heterocycles. The van der Waals surface area contributed by atoms with Crippen LogP contribution in [0.3, 0.4) is 0 Å². The molecule has 0 radical (unpaired) electrons. The summed E-state index contributed by atoms with van der Waals surface area (Å²) >= 11 is 11.6. The molecule has 15 heavy (non-hydrogen) atoms. The van der Waals surface area contributed by atoms with Gasteiger partial charge in [0.1, 0.15) is 0 Å². The van der Waals surface area contributed by atoms with Crippen LogP contribution in [0.15, 0.2) is 18.2 Å². The first-order valence-corrected chi connectivity index (χ1v) is 6.42. The van der Waals surface area contributed by atoms with Crippen LogP contribution in [0.4, 0.5) is 5.69 Å². The fourth-order valence-corrected chi connectivity index (χ4v) is 3.16. The molecule has 0 spiro atoms. The smallest absolute Gasteiger partial charge is 0.256 e. The van der Waals surface area contributed by atoms with Gasteiger partial charge in [-0.3, -0.25) is 4.31 Å². The summed E-state index contributed by atoms with van der Waals surface area (Å²) in [5, 5.41) is 0.833. The standard InChI is InChI=1S/C8H8Cl2N2O2S/c9-6-3-7(10)5-8(4-6)12-2-1-11-15(12,13)14/h3-5,11H,1-2H2. The highest BCUT2D eigenvalue weighted by atomic mass is 35.5. The fourth-order valence-electron chi connectivity index (χ4n) is 1.43. The van der Waals surface area contributed by atoms with Crippen molar-refractivity contribution in [1.82, 2.24) is 4.72 Å². The summed E-state index contributed by atoms with van der Waals surface area (Å²) < 4.78 is 26.7. The summed E-state index contributed by atoms with van der Waals surface area (Å²) in [5.41, 5.74) is 0.484. The number of anilines is 1. The zero-order valence-electron chi connectivity index (χ0n) is 7.57. The third kappa shape index (κ3) is 2.20. The summed E-state index contributed by atoms with van der Waals surface area (Å²) in [6, 6.07) is 4.69. The monoisotopic (exact) mass is 266 g/mol. The first-order valence-electron chi connectivity index (χ1n) is 4.22. The van der Waals surface area contributed by atoms with E-state index >= 15 is 0 Å². The highest BCUT2D eigenvalue weighted by Gasteiger charge is 2.28. The van der Waals surface area contributed by atoms with Crippen LogP contribution in [0.5, 0.6) is 0 Å². The minimum atomic E-state index is -3.41. The predicted molar refractivity (Wildman–Crippen MR) is 60.7 cm³/mol. The Kier molecular flexibility index (Phi) is 2.81. The Morgan fingerprint density at radius 3 is 2.27 bits per heavy atom. The first kappa shape index (κ1) is 11.0. The Labute approximate surface area is 98.0 Å². The SMILES string of the molecule is O=S1(=O)NCCN1c1cc(Cl)cc(Cl)c1. The van der Waals surface area contributed by atoms with Crippen LogP contribution in [-0.4, -0.2) is 21.5 Å². The largest absolute Gasteiger partial charge is 0.301 e. The van der Waals surface area contributed by atoms with Crippen molar-refractivity contribution >= 4 is 39.1 Å². The second-order valence-corrected chi connectivity index (χ2v) is 5.65. The van der Waals surface area contributed by atoms with Crippen molar-refractivity contribution in [2.24, 2.45) is 0 Å². The van der Waals surface area contributed by atoms with E-state index in [0.29, 0.717) is 28.8 Å². The van der Waals surface area contributed by atoms with Crippen LogP contribution < -0.4 is 9.03 Å². The van der Waals surface area contributed by atoms with Gasteiger partial charge in [-0.05, 0) is 18.2 Å². The molecule has 0 unspecified atom stereocenters. The topological polar surface area (TPSA) is 49.4 Å². The molecule has 0 amide bonds. The number of rotatable bonds is 1. The molecule has 2 rings (SSSR count). The number of halogens is 2. The number of hydrogen-bond acceptors (Lipinski definition) is 2. The van der Waals surface area contributed by atoms with Gasteiger partial charge in [-0.15, -0.1) is 0 Å². The van der Waals surface area contributed by atoms with Crippen LogP contribution in [0, 0.1) is 0 Å². The molecule has 4 nitrogen and oxygen atoms in total. The van der Waals surface area contributed by atoms with Gasteiger partial charge in [-0.2, -0.15) is 13.1 Å². The Morgan fingerprint density at radius 1 is 1.20 bits per heavy atom. The maximum atomic E-state index is 11.5. The highest BCUT2D eigenvalue weighted by molar-refractivity contribution is 7.91. The second kappa shape index (κ2) is 3.83. The van der Waals surface area contributed by atoms with Crippen LogP contribution >= 0.6 is 23.2 Å². The van der Waals surface area contributed by atoms with E-state index in [9.17, 15) is 8.42 Å². The average Bonchev–Trinajstić information content (AvgIpc) is 2.43. The van der Waals surface area contributed by atoms with Crippen LogP contribution in [0.25, 0.3) is 0 Å². The molecule has 1 aromatic rings. The Morgan fingerprint density at radius 2 is 1.80 bits per heavy atom. The molecule has 1 saturated heterocycles. The quantitative estimate of drug-likeness (QED) is 0.841. The second-order valence-electron chi connectivity index (χ2n) is 3.10. The fraction of sp³-hybridized carbons (Fsp3) is 0.250. The number of hydrogen-bond donors (Lipinski definition) is 1. The number of nitrogens with zero attached hydrogens (tertiary/aromatic N) is 1. The van der Waals surface area contributed by atoms with Crippen molar-refractivity contribution in [2.45, 2.75) is 0 Å². The zero-order chi connectivity index (χ0) is 11.1. The van der Waals surface area contributed by atoms with Gasteiger partial charge >= 0.3 is 10.2 Å². The molecule has 82 valence electrons. The van der Waals surface area contributed by atoms with E-state index in [0.717, 1.165) is 0 Å². The van der Waals surface area contributed by atoms with Gasteiger partial charge in [-0.1, -0.05) is 23.2 Å². The lowest BCUT2D eigenvalue weighted by Gasteiger charge is -2.16. The van der Waals surface area contributed by atoms with E-state index in [1.165, 1.54) is 4.31 Å². The normalized spacial score (nSPS) is 19.5. The molecule has 1 N–H and O–H groups in total. The van der Waals surface area contributed by atoms with Crippen molar-refractivity contribution in [3.05, 3.63) is 28.2 Å². The minimum absolute atomic E-state index is 0.388. The molecular weight excluding hydrogens is 259 g/mol. The Balaban J connectivity index is 2.46. The molecular formula is C8H8Cl2N2O2S. The van der Waals surface area contributed by atoms with E-state index in [2.05, 4.69) is 4.72 Å². The summed E-state index contributed by atoms with van der Waals surface area (Å²) in [6.07, 6.45) is 0. The van der Waals surface area contributed by atoms with Crippen LogP contribution in [0.2, 0.25) is 10.0 Å². The van der Waals surface area contributed by atoms with Gasteiger partial charge in [-0.25, -0.2) is 0 Å². The summed E-state index contributed by atoms with van der Waals surface area (Å²) in [6.45, 7) is 0.783. The van der Waals surface area contributed by atoms with Crippen LogP contribution in [-0.2, 0) is 10.2 Å². The number of benzene rings is 1. The van der Waals surface area contributed by atoms with Gasteiger partial charge < -0.3 is 0 Å². The third-order valence-electron chi connectivity index (χ3n) is 2.02. The van der Waals surface area contributed by atoms with Gasteiger partial charge in [0.15, 0.2) is 0 Å². The molecule has 0 aliphatic carbocycles. The highest BCUT2D eigenvalue weighted by Crippen LogP contribution is 2.27. The zero-order valence-corrected chi connectivity index (χ0v) is 9.90. The van der Waals surface area contributed by atoms with E-state index in [4.69, 9.17) is 23.2 Å². The van der Waals surface area contributed by atoms with Crippen molar-refractivity contribution in [3.8, 4) is 0 Å². The molecule has 0 atom stereocenters. The maximum absolute atomic E-state index is 11.5. The molecule has 0 bridgehead atoms. The van der Waals surface area contributed by atoms with Crippen molar-refractivity contribution in [2.75, 3.05) is 17.4 Å². The Hall–Kier alpha value is -0.490. The van der Waals surface area contributed by atoms with Gasteiger partial charge in [0.05, 0.1) is 5.69 Å². The summed E-state index contributed by atoms with van der Waals surface area (Å²) in [4.78, 5) is 0. The van der Waals surface area contributed by atoms with Gasteiger partial charge in [0.25, 0.3) is 0 Å². The van der Waals surface area contributed by atoms with Crippen molar-refractivity contribution in [1.29, 1.82) is 0 Å². The predicted octanol–water partition coefficient (Wildman–Crippen LogP) is 1.65. The lowest BCUT2D eigenvalue weighted by atomic mass is 10.3. The van der Waals surface area contributed by atoms with Crippen LogP contribution in [0.1, 0.15) is 0 Å².